The standard InChI is InChI=1S/C21H24N2O4S/c1-26-15-8-9-18(27-2)17(13-15)22-20(24)11-12-28-19-10-7-14-5-3-4-6-16(14)23-21(19)25/h3-6,8-9,13,19H,7,10-12H2,1-2H3,(H,22,24)(H,23,25). The third-order valence-corrected chi connectivity index (χ3v) is 5.86. The lowest BCUT2D eigenvalue weighted by Crippen LogP contribution is -2.24. The number of carbonyl (C=O) groups is 2. The second-order valence-electron chi connectivity index (χ2n) is 6.41. The fourth-order valence-electron chi connectivity index (χ4n) is 3.07. The quantitative estimate of drug-likeness (QED) is 0.741. The molecule has 3 rings (SSSR count). The van der Waals surface area contributed by atoms with Gasteiger partial charge in [-0.25, -0.2) is 0 Å². The zero-order chi connectivity index (χ0) is 19.9. The Morgan fingerprint density at radius 1 is 1.21 bits per heavy atom. The third kappa shape index (κ3) is 4.98. The largest absolute Gasteiger partial charge is 0.497 e. The predicted molar refractivity (Wildman–Crippen MR) is 112 cm³/mol. The molecule has 7 heteroatoms. The number of methoxy groups -OCH3 is 2. The van der Waals surface area contributed by atoms with Crippen LogP contribution in [-0.2, 0) is 16.0 Å². The maximum atomic E-state index is 12.4. The van der Waals surface area contributed by atoms with Gasteiger partial charge in [0.15, 0.2) is 0 Å². The Morgan fingerprint density at radius 3 is 2.82 bits per heavy atom. The van der Waals surface area contributed by atoms with Crippen molar-refractivity contribution < 1.29 is 19.1 Å². The second-order valence-corrected chi connectivity index (χ2v) is 7.72. The summed E-state index contributed by atoms with van der Waals surface area (Å²) < 4.78 is 10.5. The number of rotatable bonds is 7. The van der Waals surface area contributed by atoms with Crippen LogP contribution in [-0.4, -0.2) is 37.0 Å². The molecular weight excluding hydrogens is 376 g/mol. The molecule has 148 valence electrons. The Labute approximate surface area is 169 Å². The average molecular weight is 401 g/mol. The Bertz CT molecular complexity index is 856. The highest BCUT2D eigenvalue weighted by Crippen LogP contribution is 2.30. The molecule has 2 aromatic rings. The summed E-state index contributed by atoms with van der Waals surface area (Å²) in [5, 5.41) is 5.68. The summed E-state index contributed by atoms with van der Waals surface area (Å²) in [4.78, 5) is 24.8. The second kappa shape index (κ2) is 9.50. The van der Waals surface area contributed by atoms with Gasteiger partial charge in [-0.3, -0.25) is 9.59 Å². The zero-order valence-corrected chi connectivity index (χ0v) is 16.8. The summed E-state index contributed by atoms with van der Waals surface area (Å²) in [5.41, 5.74) is 2.61. The van der Waals surface area contributed by atoms with Crippen LogP contribution in [0.1, 0.15) is 18.4 Å². The molecule has 0 bridgehead atoms. The van der Waals surface area contributed by atoms with Crippen LogP contribution in [0, 0.1) is 0 Å². The van der Waals surface area contributed by atoms with E-state index in [0.29, 0.717) is 29.4 Å². The van der Waals surface area contributed by atoms with Crippen molar-refractivity contribution >= 4 is 35.0 Å². The lowest BCUT2D eigenvalue weighted by Gasteiger charge is -2.14. The topological polar surface area (TPSA) is 76.7 Å². The molecule has 1 unspecified atom stereocenters. The molecule has 0 aliphatic carbocycles. The summed E-state index contributed by atoms with van der Waals surface area (Å²) in [5.74, 6) is 1.65. The lowest BCUT2D eigenvalue weighted by molar-refractivity contribution is -0.116. The zero-order valence-electron chi connectivity index (χ0n) is 16.0. The first kappa shape index (κ1) is 20.1. The van der Waals surface area contributed by atoms with Gasteiger partial charge in [0.05, 0.1) is 25.2 Å². The number of para-hydroxylation sites is 1. The summed E-state index contributed by atoms with van der Waals surface area (Å²) in [6.45, 7) is 0. The van der Waals surface area contributed by atoms with Crippen LogP contribution in [0.4, 0.5) is 11.4 Å². The van der Waals surface area contributed by atoms with Crippen LogP contribution >= 0.6 is 11.8 Å². The molecule has 1 heterocycles. The van der Waals surface area contributed by atoms with Gasteiger partial charge in [0.1, 0.15) is 11.5 Å². The molecule has 0 spiro atoms. The molecule has 0 aromatic heterocycles. The number of fused-ring (bicyclic) bond motifs is 1. The minimum atomic E-state index is -0.161. The molecule has 0 saturated carbocycles. The van der Waals surface area contributed by atoms with Crippen molar-refractivity contribution in [3.8, 4) is 11.5 Å². The molecule has 2 amide bonds. The maximum Gasteiger partial charge on any atom is 0.237 e. The fourth-order valence-corrected chi connectivity index (χ4v) is 4.15. The molecule has 1 atom stereocenters. The van der Waals surface area contributed by atoms with Crippen molar-refractivity contribution in [2.45, 2.75) is 24.5 Å². The Balaban J connectivity index is 1.51. The van der Waals surface area contributed by atoms with Gasteiger partial charge < -0.3 is 20.1 Å². The van der Waals surface area contributed by atoms with Gasteiger partial charge in [0.25, 0.3) is 0 Å². The minimum Gasteiger partial charge on any atom is -0.497 e. The van der Waals surface area contributed by atoms with E-state index in [9.17, 15) is 9.59 Å². The van der Waals surface area contributed by atoms with Gasteiger partial charge in [-0.15, -0.1) is 11.8 Å². The number of anilines is 2. The molecule has 28 heavy (non-hydrogen) atoms. The molecule has 0 fully saturated rings. The summed E-state index contributed by atoms with van der Waals surface area (Å²) in [6.07, 6.45) is 1.92. The van der Waals surface area contributed by atoms with Crippen LogP contribution in [0.3, 0.4) is 0 Å². The SMILES string of the molecule is COc1ccc(OC)c(NC(=O)CCSC2CCc3ccccc3NC2=O)c1. The van der Waals surface area contributed by atoms with E-state index in [1.807, 2.05) is 24.3 Å². The molecule has 2 aromatic carbocycles. The fraction of sp³-hybridized carbons (Fsp3) is 0.333. The first-order chi connectivity index (χ1) is 13.6. The summed E-state index contributed by atoms with van der Waals surface area (Å²) >= 11 is 1.52. The van der Waals surface area contributed by atoms with Gasteiger partial charge in [-0.1, -0.05) is 18.2 Å². The van der Waals surface area contributed by atoms with E-state index < -0.39 is 0 Å². The van der Waals surface area contributed by atoms with E-state index in [2.05, 4.69) is 10.6 Å². The van der Waals surface area contributed by atoms with Crippen LogP contribution < -0.4 is 20.1 Å². The van der Waals surface area contributed by atoms with E-state index >= 15 is 0 Å². The van der Waals surface area contributed by atoms with E-state index in [4.69, 9.17) is 9.47 Å². The highest BCUT2D eigenvalue weighted by molar-refractivity contribution is 8.00. The van der Waals surface area contributed by atoms with E-state index in [-0.39, 0.29) is 17.1 Å². The number of carbonyl (C=O) groups excluding carboxylic acids is 2. The van der Waals surface area contributed by atoms with E-state index in [0.717, 1.165) is 24.1 Å². The highest BCUT2D eigenvalue weighted by Gasteiger charge is 2.24. The molecule has 2 N–H and O–H groups in total. The number of aryl methyl sites for hydroxylation is 1. The van der Waals surface area contributed by atoms with Crippen LogP contribution in [0.2, 0.25) is 0 Å². The average Bonchev–Trinajstić information content (AvgIpc) is 2.86. The Morgan fingerprint density at radius 2 is 2.04 bits per heavy atom. The number of thioether (sulfide) groups is 1. The predicted octanol–water partition coefficient (Wildman–Crippen LogP) is 3.72. The van der Waals surface area contributed by atoms with Crippen molar-refractivity contribution in [1.29, 1.82) is 0 Å². The first-order valence-corrected chi connectivity index (χ1v) is 10.2. The van der Waals surface area contributed by atoms with Crippen LogP contribution in [0.15, 0.2) is 42.5 Å². The normalized spacial score (nSPS) is 15.8. The first-order valence-electron chi connectivity index (χ1n) is 9.13. The van der Waals surface area contributed by atoms with Gasteiger partial charge in [0, 0.05) is 23.9 Å². The Kier molecular flexibility index (Phi) is 6.81. The summed E-state index contributed by atoms with van der Waals surface area (Å²) in [6, 6.07) is 13.1. The molecule has 1 aliphatic rings. The smallest absolute Gasteiger partial charge is 0.237 e. The number of nitrogens with one attached hydrogen (secondary N) is 2. The highest BCUT2D eigenvalue weighted by atomic mass is 32.2. The van der Waals surface area contributed by atoms with E-state index in [1.54, 1.807) is 32.4 Å². The number of hydrogen-bond acceptors (Lipinski definition) is 5. The molecule has 1 aliphatic heterocycles. The molecular formula is C21H24N2O4S. The Hall–Kier alpha value is -2.67. The van der Waals surface area contributed by atoms with Crippen molar-refractivity contribution in [2.24, 2.45) is 0 Å². The van der Waals surface area contributed by atoms with Crippen molar-refractivity contribution in [2.75, 3.05) is 30.6 Å². The molecule has 6 nitrogen and oxygen atoms in total. The van der Waals surface area contributed by atoms with Gasteiger partial charge in [0.2, 0.25) is 11.8 Å². The summed E-state index contributed by atoms with van der Waals surface area (Å²) in [7, 11) is 3.12. The molecule has 0 radical (unpaired) electrons. The lowest BCUT2D eigenvalue weighted by atomic mass is 10.1. The van der Waals surface area contributed by atoms with Crippen molar-refractivity contribution in [1.82, 2.24) is 0 Å². The van der Waals surface area contributed by atoms with Crippen LogP contribution in [0.5, 0.6) is 11.5 Å². The van der Waals surface area contributed by atoms with Crippen molar-refractivity contribution in [3.63, 3.8) is 0 Å². The number of ether oxygens (including phenoxy) is 2. The van der Waals surface area contributed by atoms with E-state index in [1.165, 1.54) is 11.8 Å². The monoisotopic (exact) mass is 400 g/mol. The van der Waals surface area contributed by atoms with Gasteiger partial charge in [-0.05, 0) is 36.6 Å². The number of hydrogen-bond donors (Lipinski definition) is 2. The molecule has 0 saturated heterocycles. The number of benzene rings is 2. The van der Waals surface area contributed by atoms with Crippen LogP contribution in [0.25, 0.3) is 0 Å². The minimum absolute atomic E-state index is 0.00447. The van der Waals surface area contributed by atoms with Gasteiger partial charge in [-0.2, -0.15) is 0 Å². The third-order valence-electron chi connectivity index (χ3n) is 4.57. The number of amides is 2. The van der Waals surface area contributed by atoms with Gasteiger partial charge >= 0.3 is 0 Å². The maximum absolute atomic E-state index is 12.4. The van der Waals surface area contributed by atoms with Crippen molar-refractivity contribution in [3.05, 3.63) is 48.0 Å².